The molecule has 0 saturated heterocycles. The number of hydrogen-bond acceptors (Lipinski definition) is 3. The molecule has 0 aliphatic rings. The number of pyridine rings is 2. The molecule has 0 spiro atoms. The molecular weight excluding hydrogens is 194 g/mol. The monoisotopic (exact) mass is 203 g/mol. The predicted octanol–water partition coefficient (Wildman–Crippen LogP) is 0.108. The van der Waals surface area contributed by atoms with Gasteiger partial charge < -0.3 is 10.7 Å². The van der Waals surface area contributed by atoms with Crippen LogP contribution in [0.3, 0.4) is 0 Å². The average Bonchev–Trinajstić information content (AvgIpc) is 2.23. The third kappa shape index (κ3) is 1.54. The van der Waals surface area contributed by atoms with Crippen LogP contribution in [0.25, 0.3) is 5.69 Å². The molecule has 2 aromatic rings. The van der Waals surface area contributed by atoms with Gasteiger partial charge in [0.15, 0.2) is 0 Å². The van der Waals surface area contributed by atoms with E-state index in [4.69, 9.17) is 5.73 Å². The van der Waals surface area contributed by atoms with Crippen LogP contribution in [0.15, 0.2) is 46.2 Å². The number of nitrogen functional groups attached to an aromatic ring is 1. The van der Waals surface area contributed by atoms with Crippen molar-refractivity contribution in [2.75, 3.05) is 5.73 Å². The molecule has 15 heavy (non-hydrogen) atoms. The van der Waals surface area contributed by atoms with Crippen LogP contribution in [-0.4, -0.2) is 9.55 Å². The van der Waals surface area contributed by atoms with E-state index in [1.54, 1.807) is 18.2 Å². The van der Waals surface area contributed by atoms with E-state index < -0.39 is 5.56 Å². The Balaban J connectivity index is 2.76. The van der Waals surface area contributed by atoms with E-state index in [0.717, 1.165) is 0 Å². The Labute approximate surface area is 84.8 Å². The third-order valence-corrected chi connectivity index (χ3v) is 2.03. The lowest BCUT2D eigenvalue weighted by Crippen LogP contribution is -2.25. The number of anilines is 1. The van der Waals surface area contributed by atoms with Crippen molar-refractivity contribution >= 4 is 5.69 Å². The van der Waals surface area contributed by atoms with Gasteiger partial charge in [-0.05, 0) is 24.3 Å². The van der Waals surface area contributed by atoms with Crippen LogP contribution in [0, 0.1) is 0 Å². The molecule has 0 aliphatic carbocycles. The van der Waals surface area contributed by atoms with Gasteiger partial charge in [0.05, 0.1) is 5.69 Å². The number of nitrogens with one attached hydrogen (secondary N) is 1. The van der Waals surface area contributed by atoms with Gasteiger partial charge in [-0.25, -0.2) is 0 Å². The zero-order chi connectivity index (χ0) is 10.8. The fourth-order valence-corrected chi connectivity index (χ4v) is 1.30. The Kier molecular flexibility index (Phi) is 2.13. The Morgan fingerprint density at radius 3 is 2.73 bits per heavy atom. The maximum Gasteiger partial charge on any atom is 0.278 e. The lowest BCUT2D eigenvalue weighted by Gasteiger charge is -2.03. The molecule has 2 aromatic heterocycles. The van der Waals surface area contributed by atoms with Gasteiger partial charge in [0.25, 0.3) is 11.1 Å². The fraction of sp³-hybridized carbons (Fsp3) is 0. The summed E-state index contributed by atoms with van der Waals surface area (Å²) in [7, 11) is 0. The Bertz CT molecular complexity index is 598. The average molecular weight is 203 g/mol. The van der Waals surface area contributed by atoms with E-state index in [0.29, 0.717) is 0 Å². The van der Waals surface area contributed by atoms with Crippen molar-refractivity contribution < 1.29 is 0 Å². The van der Waals surface area contributed by atoms with Gasteiger partial charge in [-0.3, -0.25) is 14.2 Å². The van der Waals surface area contributed by atoms with Crippen molar-refractivity contribution in [3.05, 3.63) is 57.4 Å². The first-order valence-corrected chi connectivity index (χ1v) is 4.35. The van der Waals surface area contributed by atoms with Crippen LogP contribution in [0.2, 0.25) is 0 Å². The normalized spacial score (nSPS) is 10.1. The summed E-state index contributed by atoms with van der Waals surface area (Å²) in [5, 5.41) is 0. The molecule has 2 heterocycles. The second-order valence-electron chi connectivity index (χ2n) is 3.02. The van der Waals surface area contributed by atoms with E-state index in [-0.39, 0.29) is 16.9 Å². The molecule has 76 valence electrons. The Morgan fingerprint density at radius 1 is 1.20 bits per heavy atom. The van der Waals surface area contributed by atoms with Crippen LogP contribution in [-0.2, 0) is 0 Å². The minimum atomic E-state index is -0.394. The van der Waals surface area contributed by atoms with E-state index >= 15 is 0 Å². The van der Waals surface area contributed by atoms with E-state index in [9.17, 15) is 9.59 Å². The van der Waals surface area contributed by atoms with Gasteiger partial charge in [0, 0.05) is 12.4 Å². The van der Waals surface area contributed by atoms with Crippen LogP contribution >= 0.6 is 0 Å². The summed E-state index contributed by atoms with van der Waals surface area (Å²) < 4.78 is 1.22. The van der Waals surface area contributed by atoms with E-state index in [1.807, 2.05) is 0 Å². The Hall–Kier alpha value is -2.30. The molecule has 0 aliphatic heterocycles. The minimum Gasteiger partial charge on any atom is -0.394 e. The molecule has 0 amide bonds. The van der Waals surface area contributed by atoms with Gasteiger partial charge in [-0.15, -0.1) is 0 Å². The number of H-pyrrole nitrogens is 1. The first-order valence-electron chi connectivity index (χ1n) is 4.35. The smallest absolute Gasteiger partial charge is 0.278 e. The van der Waals surface area contributed by atoms with Crippen LogP contribution < -0.4 is 16.9 Å². The van der Waals surface area contributed by atoms with Crippen molar-refractivity contribution in [3.8, 4) is 5.69 Å². The first-order chi connectivity index (χ1) is 7.20. The second-order valence-corrected chi connectivity index (χ2v) is 3.02. The molecular formula is C10H9N3O2. The standard InChI is InChI=1S/C10H9N3O2/c11-7-3-2-6-13(10(7)15)8-4-1-5-12-9(8)14/h1-6H,11H2,(H,12,14). The highest BCUT2D eigenvalue weighted by Crippen LogP contribution is 1.98. The number of aromatic nitrogens is 2. The molecule has 3 N–H and O–H groups in total. The summed E-state index contributed by atoms with van der Waals surface area (Å²) in [6.45, 7) is 0. The molecule has 0 saturated carbocycles. The highest BCUT2D eigenvalue weighted by molar-refractivity contribution is 5.38. The van der Waals surface area contributed by atoms with Crippen LogP contribution in [0.5, 0.6) is 0 Å². The maximum atomic E-state index is 11.6. The minimum absolute atomic E-state index is 0.112. The highest BCUT2D eigenvalue weighted by atomic mass is 16.1. The molecule has 0 unspecified atom stereocenters. The molecule has 0 bridgehead atoms. The number of aromatic amines is 1. The zero-order valence-electron chi connectivity index (χ0n) is 7.81. The molecule has 5 nitrogen and oxygen atoms in total. The Morgan fingerprint density at radius 2 is 2.00 bits per heavy atom. The summed E-state index contributed by atoms with van der Waals surface area (Å²) in [5.74, 6) is 0. The number of nitrogens with two attached hydrogens (primary N) is 1. The zero-order valence-corrected chi connectivity index (χ0v) is 7.81. The van der Waals surface area contributed by atoms with Crippen molar-refractivity contribution in [1.82, 2.24) is 9.55 Å². The van der Waals surface area contributed by atoms with Gasteiger partial charge in [0.1, 0.15) is 5.69 Å². The number of nitrogens with zero attached hydrogens (tertiary/aromatic N) is 1. The summed E-state index contributed by atoms with van der Waals surface area (Å²) in [5.41, 5.74) is 5.11. The third-order valence-electron chi connectivity index (χ3n) is 2.03. The SMILES string of the molecule is Nc1cccn(-c2ccc[nH]c2=O)c1=O. The van der Waals surface area contributed by atoms with Crippen molar-refractivity contribution in [1.29, 1.82) is 0 Å². The van der Waals surface area contributed by atoms with Gasteiger partial charge >= 0.3 is 0 Å². The van der Waals surface area contributed by atoms with Gasteiger partial charge in [-0.2, -0.15) is 0 Å². The lowest BCUT2D eigenvalue weighted by atomic mass is 10.3. The molecule has 5 heteroatoms. The van der Waals surface area contributed by atoms with Crippen molar-refractivity contribution in [2.24, 2.45) is 0 Å². The van der Waals surface area contributed by atoms with Crippen molar-refractivity contribution in [3.63, 3.8) is 0 Å². The lowest BCUT2D eigenvalue weighted by molar-refractivity contribution is 0.964. The molecule has 2 rings (SSSR count). The predicted molar refractivity (Wildman–Crippen MR) is 57.1 cm³/mol. The molecule has 0 fully saturated rings. The van der Waals surface area contributed by atoms with E-state index in [1.165, 1.54) is 23.0 Å². The summed E-state index contributed by atoms with van der Waals surface area (Å²) in [4.78, 5) is 25.5. The highest BCUT2D eigenvalue weighted by Gasteiger charge is 2.04. The van der Waals surface area contributed by atoms with Crippen LogP contribution in [0.1, 0.15) is 0 Å². The summed E-state index contributed by atoms with van der Waals surface area (Å²) >= 11 is 0. The van der Waals surface area contributed by atoms with Gasteiger partial charge in [0.2, 0.25) is 0 Å². The molecule has 0 radical (unpaired) electrons. The van der Waals surface area contributed by atoms with Crippen molar-refractivity contribution in [2.45, 2.75) is 0 Å². The second kappa shape index (κ2) is 3.45. The first kappa shape index (κ1) is 9.26. The fourth-order valence-electron chi connectivity index (χ4n) is 1.30. The number of hydrogen-bond donors (Lipinski definition) is 2. The number of rotatable bonds is 1. The van der Waals surface area contributed by atoms with E-state index in [2.05, 4.69) is 4.98 Å². The summed E-state index contributed by atoms with van der Waals surface area (Å²) in [6.07, 6.45) is 3.01. The van der Waals surface area contributed by atoms with Gasteiger partial charge in [-0.1, -0.05) is 0 Å². The maximum absolute atomic E-state index is 11.6. The molecule has 0 atom stereocenters. The largest absolute Gasteiger partial charge is 0.394 e. The quantitative estimate of drug-likeness (QED) is 0.690. The topological polar surface area (TPSA) is 80.9 Å². The summed E-state index contributed by atoms with van der Waals surface area (Å²) in [6, 6.07) is 6.31. The van der Waals surface area contributed by atoms with Crippen LogP contribution in [0.4, 0.5) is 5.69 Å². The molecule has 0 aromatic carbocycles.